The molecule has 0 spiro atoms. The predicted molar refractivity (Wildman–Crippen MR) is 126 cm³/mol. The summed E-state index contributed by atoms with van der Waals surface area (Å²) in [6, 6.07) is 4.88. The molecule has 1 aliphatic heterocycles. The summed E-state index contributed by atoms with van der Waals surface area (Å²) in [6.07, 6.45) is 5.68. The van der Waals surface area contributed by atoms with Gasteiger partial charge in [0.1, 0.15) is 18.2 Å². The topological polar surface area (TPSA) is 139 Å². The van der Waals surface area contributed by atoms with Crippen molar-refractivity contribution in [3.63, 3.8) is 0 Å². The van der Waals surface area contributed by atoms with Crippen molar-refractivity contribution in [1.29, 1.82) is 0 Å². The Bertz CT molecular complexity index is 1230. The van der Waals surface area contributed by atoms with Crippen LogP contribution in [0.15, 0.2) is 22.6 Å². The maximum Gasteiger partial charge on any atom is 0.289 e. The number of amides is 2. The van der Waals surface area contributed by atoms with Crippen LogP contribution in [-0.4, -0.2) is 56.9 Å². The molecule has 3 aromatic rings. The van der Waals surface area contributed by atoms with Gasteiger partial charge in [0.25, 0.3) is 5.91 Å². The van der Waals surface area contributed by atoms with E-state index in [1.54, 1.807) is 33.0 Å². The molecule has 184 valence electrons. The number of rotatable bonds is 6. The first-order valence-corrected chi connectivity index (χ1v) is 12.0. The van der Waals surface area contributed by atoms with E-state index in [1.807, 2.05) is 6.07 Å². The molecule has 2 N–H and O–H groups in total. The van der Waals surface area contributed by atoms with E-state index in [2.05, 4.69) is 30.7 Å². The van der Waals surface area contributed by atoms with Crippen LogP contribution in [0.25, 0.3) is 11.5 Å². The van der Waals surface area contributed by atoms with Crippen molar-refractivity contribution in [1.82, 2.24) is 30.7 Å². The van der Waals surface area contributed by atoms with Gasteiger partial charge < -0.3 is 24.4 Å². The van der Waals surface area contributed by atoms with Crippen molar-refractivity contribution in [2.45, 2.75) is 52.0 Å². The number of carbonyl (C=O) groups excluding carboxylic acids is 2. The van der Waals surface area contributed by atoms with Crippen LogP contribution in [0.3, 0.4) is 0 Å². The van der Waals surface area contributed by atoms with Crippen molar-refractivity contribution in [3.8, 4) is 17.2 Å². The Hall–Kier alpha value is -3.76. The lowest BCUT2D eigenvalue weighted by Gasteiger charge is -2.24. The number of aromatic nitrogens is 5. The molecule has 1 fully saturated rings. The van der Waals surface area contributed by atoms with Gasteiger partial charge in [-0.25, -0.2) is 0 Å². The number of hydrogen-bond acceptors (Lipinski definition) is 8. The fourth-order valence-corrected chi connectivity index (χ4v) is 4.78. The lowest BCUT2D eigenvalue weighted by Crippen LogP contribution is -2.47. The zero-order chi connectivity index (χ0) is 24.5. The zero-order valence-corrected chi connectivity index (χ0v) is 20.1. The number of benzene rings is 1. The lowest BCUT2D eigenvalue weighted by atomic mass is 10.0. The van der Waals surface area contributed by atoms with E-state index in [-0.39, 0.29) is 18.3 Å². The van der Waals surface area contributed by atoms with E-state index >= 15 is 0 Å². The van der Waals surface area contributed by atoms with Gasteiger partial charge in [-0.1, -0.05) is 25.7 Å². The van der Waals surface area contributed by atoms with Crippen LogP contribution in [-0.2, 0) is 11.2 Å². The SMILES string of the molecule is Cc1nnc(-c2ccc3c(c2)N(C)C(=O)C([C@@H](C)NC(=O)c2nnc(CC4CCCC4)[nH]2)CO3)o1. The fourth-order valence-electron chi connectivity index (χ4n) is 4.78. The summed E-state index contributed by atoms with van der Waals surface area (Å²) in [4.78, 5) is 30.7. The molecule has 11 nitrogen and oxygen atoms in total. The van der Waals surface area contributed by atoms with Crippen molar-refractivity contribution in [2.24, 2.45) is 11.8 Å². The third-order valence-electron chi connectivity index (χ3n) is 6.83. The molecule has 1 aromatic carbocycles. The maximum atomic E-state index is 13.3. The molecule has 1 aliphatic carbocycles. The number of ether oxygens (including phenoxy) is 1. The van der Waals surface area contributed by atoms with Crippen LogP contribution in [0.5, 0.6) is 5.75 Å². The average molecular weight is 480 g/mol. The molecular formula is C24H29N7O4. The van der Waals surface area contributed by atoms with Crippen molar-refractivity contribution >= 4 is 17.5 Å². The Kier molecular flexibility index (Phi) is 6.23. The summed E-state index contributed by atoms with van der Waals surface area (Å²) in [6.45, 7) is 3.63. The van der Waals surface area contributed by atoms with E-state index in [4.69, 9.17) is 9.15 Å². The largest absolute Gasteiger partial charge is 0.490 e. The van der Waals surface area contributed by atoms with Gasteiger partial charge in [-0.15, -0.1) is 20.4 Å². The van der Waals surface area contributed by atoms with Gasteiger partial charge in [0.05, 0.1) is 11.6 Å². The van der Waals surface area contributed by atoms with Crippen LogP contribution in [0.1, 0.15) is 54.9 Å². The first-order chi connectivity index (χ1) is 16.9. The highest BCUT2D eigenvalue weighted by molar-refractivity contribution is 5.98. The molecule has 35 heavy (non-hydrogen) atoms. The predicted octanol–water partition coefficient (Wildman–Crippen LogP) is 2.69. The monoisotopic (exact) mass is 479 g/mol. The summed E-state index contributed by atoms with van der Waals surface area (Å²) in [7, 11) is 1.69. The fraction of sp³-hybridized carbons (Fsp3) is 0.500. The Labute approximate surface area is 202 Å². The van der Waals surface area contributed by atoms with E-state index in [1.165, 1.54) is 30.6 Å². The molecule has 2 aromatic heterocycles. The second-order valence-corrected chi connectivity index (χ2v) is 9.36. The van der Waals surface area contributed by atoms with E-state index < -0.39 is 17.9 Å². The number of hydrogen-bond donors (Lipinski definition) is 2. The number of nitrogens with one attached hydrogen (secondary N) is 2. The number of aryl methyl sites for hydroxylation is 1. The number of nitrogens with zero attached hydrogens (tertiary/aromatic N) is 5. The van der Waals surface area contributed by atoms with Gasteiger partial charge >= 0.3 is 0 Å². The minimum atomic E-state index is -0.591. The number of fused-ring (bicyclic) bond motifs is 1. The molecule has 0 bridgehead atoms. The van der Waals surface area contributed by atoms with Gasteiger partial charge in [0.15, 0.2) is 0 Å². The summed E-state index contributed by atoms with van der Waals surface area (Å²) < 4.78 is 11.5. The molecule has 0 saturated heterocycles. The van der Waals surface area contributed by atoms with Crippen LogP contribution in [0.4, 0.5) is 5.69 Å². The summed E-state index contributed by atoms with van der Waals surface area (Å²) in [5.41, 5.74) is 1.28. The van der Waals surface area contributed by atoms with Crippen molar-refractivity contribution < 1.29 is 18.7 Å². The summed E-state index contributed by atoms with van der Waals surface area (Å²) >= 11 is 0. The molecule has 2 aliphatic rings. The highest BCUT2D eigenvalue weighted by Crippen LogP contribution is 2.36. The van der Waals surface area contributed by atoms with Gasteiger partial charge in [0, 0.05) is 32.0 Å². The molecule has 0 radical (unpaired) electrons. The highest BCUT2D eigenvalue weighted by Gasteiger charge is 2.35. The summed E-state index contributed by atoms with van der Waals surface area (Å²) in [5, 5.41) is 18.9. The van der Waals surface area contributed by atoms with Gasteiger partial charge in [-0.3, -0.25) is 9.59 Å². The maximum absolute atomic E-state index is 13.3. The number of carbonyl (C=O) groups is 2. The minimum absolute atomic E-state index is 0.125. The zero-order valence-electron chi connectivity index (χ0n) is 20.1. The molecular weight excluding hydrogens is 450 g/mol. The number of anilines is 1. The van der Waals surface area contributed by atoms with E-state index in [0.29, 0.717) is 34.7 Å². The third kappa shape index (κ3) is 4.75. The number of H-pyrrole nitrogens is 1. The molecule has 3 heterocycles. The Morgan fingerprint density at radius 2 is 2.03 bits per heavy atom. The molecule has 5 rings (SSSR count). The molecule has 2 amide bonds. The second-order valence-electron chi connectivity index (χ2n) is 9.36. The molecule has 1 unspecified atom stereocenters. The molecule has 1 saturated carbocycles. The van der Waals surface area contributed by atoms with Gasteiger partial charge in [0.2, 0.25) is 23.5 Å². The quantitative estimate of drug-likeness (QED) is 0.550. The van der Waals surface area contributed by atoms with Gasteiger partial charge in [-0.2, -0.15) is 0 Å². The average Bonchev–Trinajstić information content (AvgIpc) is 3.60. The second kappa shape index (κ2) is 9.47. The molecule has 2 atom stereocenters. The summed E-state index contributed by atoms with van der Waals surface area (Å²) in [5.74, 6) is 1.71. The Balaban J connectivity index is 1.26. The normalized spacial score (nSPS) is 19.2. The Morgan fingerprint density at radius 1 is 1.23 bits per heavy atom. The van der Waals surface area contributed by atoms with Crippen molar-refractivity contribution in [2.75, 3.05) is 18.6 Å². The van der Waals surface area contributed by atoms with Gasteiger partial charge in [-0.05, 0) is 31.0 Å². The Morgan fingerprint density at radius 3 is 2.77 bits per heavy atom. The first-order valence-electron chi connectivity index (χ1n) is 12.0. The van der Waals surface area contributed by atoms with Crippen molar-refractivity contribution in [3.05, 3.63) is 35.7 Å². The standard InChI is InChI=1S/C24H29N7O4/c1-13(25-22(32)21-26-20(28-29-21)10-15-6-4-5-7-15)17-12-34-19-9-8-16(23-30-27-14(2)35-23)11-18(19)31(3)24(17)33/h8-9,11,13,15,17H,4-7,10,12H2,1-3H3,(H,25,32)(H,26,28,29)/t13-,17?/m1/s1. The van der Waals surface area contributed by atoms with E-state index in [0.717, 1.165) is 12.2 Å². The van der Waals surface area contributed by atoms with Crippen LogP contribution >= 0.6 is 0 Å². The van der Waals surface area contributed by atoms with E-state index in [9.17, 15) is 9.59 Å². The number of aromatic amines is 1. The smallest absolute Gasteiger partial charge is 0.289 e. The highest BCUT2D eigenvalue weighted by atomic mass is 16.5. The third-order valence-corrected chi connectivity index (χ3v) is 6.83. The molecule has 11 heteroatoms. The van der Waals surface area contributed by atoms with Crippen LogP contribution in [0.2, 0.25) is 0 Å². The first kappa shape index (κ1) is 23.0. The van der Waals surface area contributed by atoms with Crippen LogP contribution in [0, 0.1) is 18.8 Å². The minimum Gasteiger partial charge on any atom is -0.490 e. The van der Waals surface area contributed by atoms with Crippen LogP contribution < -0.4 is 15.0 Å². The lowest BCUT2D eigenvalue weighted by molar-refractivity contribution is -0.123.